The zero-order chi connectivity index (χ0) is 9.68. The van der Waals surface area contributed by atoms with E-state index in [9.17, 15) is 4.79 Å². The molecule has 0 aliphatic rings. The van der Waals surface area contributed by atoms with Crippen molar-refractivity contribution >= 4 is 11.6 Å². The summed E-state index contributed by atoms with van der Waals surface area (Å²) >= 11 is 0. The largest absolute Gasteiger partial charge is 0.370 e. The third kappa shape index (κ3) is 2.15. The first kappa shape index (κ1) is 9.45. The van der Waals surface area contributed by atoms with Crippen LogP contribution in [-0.4, -0.2) is 25.7 Å². The predicted molar refractivity (Wildman–Crippen MR) is 53.2 cm³/mol. The fourth-order valence-electron chi connectivity index (χ4n) is 1.05. The molecule has 68 valence electrons. The fraction of sp³-hybridized carbons (Fsp3) is 0.200. The highest BCUT2D eigenvalue weighted by Gasteiger charge is 2.10. The number of ketones is 1. The van der Waals surface area contributed by atoms with Gasteiger partial charge in [0.15, 0.2) is 5.84 Å². The summed E-state index contributed by atoms with van der Waals surface area (Å²) in [5.74, 6) is 0.303. The number of carbonyl (C=O) groups excluding carboxylic acids is 1. The van der Waals surface area contributed by atoms with Crippen molar-refractivity contribution in [2.75, 3.05) is 14.1 Å². The number of nitrogens with zero attached hydrogens (tertiary/aromatic N) is 1. The Kier molecular flexibility index (Phi) is 3.20. The van der Waals surface area contributed by atoms with E-state index in [0.717, 1.165) is 0 Å². The standard InChI is InChI=1S/C10H12N2O/c1-11-10(12-2)9(13)8-6-4-3-5-7-8/h3-7H,1-2H3,(H,11,12). The van der Waals surface area contributed by atoms with Crippen LogP contribution in [-0.2, 0) is 0 Å². The first-order chi connectivity index (χ1) is 6.29. The second-order valence-corrected chi connectivity index (χ2v) is 2.52. The average molecular weight is 176 g/mol. The molecule has 0 amide bonds. The topological polar surface area (TPSA) is 41.5 Å². The zero-order valence-electron chi connectivity index (χ0n) is 7.74. The van der Waals surface area contributed by atoms with Gasteiger partial charge in [-0.25, -0.2) is 0 Å². The molecule has 0 aliphatic heterocycles. The van der Waals surface area contributed by atoms with Crippen LogP contribution < -0.4 is 5.32 Å². The molecule has 0 aromatic heterocycles. The van der Waals surface area contributed by atoms with Gasteiger partial charge in [-0.05, 0) is 0 Å². The maximum atomic E-state index is 11.6. The lowest BCUT2D eigenvalue weighted by Crippen LogP contribution is -2.27. The number of nitrogens with one attached hydrogen (secondary N) is 1. The Morgan fingerprint density at radius 1 is 1.31 bits per heavy atom. The molecular weight excluding hydrogens is 164 g/mol. The molecule has 0 heterocycles. The van der Waals surface area contributed by atoms with Crippen molar-refractivity contribution < 1.29 is 4.79 Å². The number of amidine groups is 1. The van der Waals surface area contributed by atoms with Crippen LogP contribution >= 0.6 is 0 Å². The van der Waals surface area contributed by atoms with Crippen LogP contribution in [0.1, 0.15) is 10.4 Å². The number of hydrogen-bond donors (Lipinski definition) is 1. The molecule has 0 radical (unpaired) electrons. The van der Waals surface area contributed by atoms with E-state index in [4.69, 9.17) is 0 Å². The first-order valence-electron chi connectivity index (χ1n) is 4.04. The van der Waals surface area contributed by atoms with Gasteiger partial charge in [0.1, 0.15) is 0 Å². The SMILES string of the molecule is CN=C(NC)C(=O)c1ccccc1. The first-order valence-corrected chi connectivity index (χ1v) is 4.04. The van der Waals surface area contributed by atoms with Gasteiger partial charge in [-0.1, -0.05) is 30.3 Å². The van der Waals surface area contributed by atoms with Crippen molar-refractivity contribution in [3.05, 3.63) is 35.9 Å². The van der Waals surface area contributed by atoms with Crippen molar-refractivity contribution in [2.45, 2.75) is 0 Å². The van der Waals surface area contributed by atoms with E-state index in [-0.39, 0.29) is 5.78 Å². The monoisotopic (exact) mass is 176 g/mol. The number of rotatable bonds is 2. The fourth-order valence-corrected chi connectivity index (χ4v) is 1.05. The zero-order valence-corrected chi connectivity index (χ0v) is 7.74. The van der Waals surface area contributed by atoms with E-state index >= 15 is 0 Å². The van der Waals surface area contributed by atoms with E-state index in [1.165, 1.54) is 0 Å². The summed E-state index contributed by atoms with van der Waals surface area (Å²) in [5, 5.41) is 2.75. The molecule has 1 aromatic carbocycles. The minimum Gasteiger partial charge on any atom is -0.370 e. The molecule has 0 spiro atoms. The Hall–Kier alpha value is -1.64. The number of hydrogen-bond acceptors (Lipinski definition) is 2. The number of aliphatic imine (C=N–C) groups is 1. The Morgan fingerprint density at radius 2 is 1.92 bits per heavy atom. The molecule has 0 aliphatic carbocycles. The molecule has 1 aromatic rings. The molecular formula is C10H12N2O. The third-order valence-electron chi connectivity index (χ3n) is 1.71. The maximum absolute atomic E-state index is 11.6. The second kappa shape index (κ2) is 4.40. The molecule has 0 saturated carbocycles. The lowest BCUT2D eigenvalue weighted by molar-refractivity contribution is 0.106. The molecule has 0 unspecified atom stereocenters. The molecule has 1 rings (SSSR count). The van der Waals surface area contributed by atoms with Crippen molar-refractivity contribution in [1.29, 1.82) is 0 Å². The molecule has 3 heteroatoms. The molecule has 0 fully saturated rings. The van der Waals surface area contributed by atoms with Gasteiger partial charge in [-0.2, -0.15) is 0 Å². The third-order valence-corrected chi connectivity index (χ3v) is 1.71. The lowest BCUT2D eigenvalue weighted by Gasteiger charge is -2.02. The second-order valence-electron chi connectivity index (χ2n) is 2.52. The van der Waals surface area contributed by atoms with Crippen LogP contribution in [0.15, 0.2) is 35.3 Å². The molecule has 3 nitrogen and oxygen atoms in total. The Bertz CT molecular complexity index is 317. The molecule has 1 N–H and O–H groups in total. The van der Waals surface area contributed by atoms with Gasteiger partial charge in [0.05, 0.1) is 0 Å². The maximum Gasteiger partial charge on any atom is 0.227 e. The van der Waals surface area contributed by atoms with Gasteiger partial charge in [0.25, 0.3) is 0 Å². The molecule has 0 atom stereocenters. The summed E-state index contributed by atoms with van der Waals surface area (Å²) in [5.41, 5.74) is 0.650. The van der Waals surface area contributed by atoms with Crippen LogP contribution in [0, 0.1) is 0 Å². The number of likely N-dealkylation sites (N-methyl/N-ethyl adjacent to an activating group) is 1. The Labute approximate surface area is 77.5 Å². The predicted octanol–water partition coefficient (Wildman–Crippen LogP) is 1.12. The molecule has 13 heavy (non-hydrogen) atoms. The van der Waals surface area contributed by atoms with E-state index in [1.54, 1.807) is 26.2 Å². The average Bonchev–Trinajstić information content (AvgIpc) is 2.21. The Morgan fingerprint density at radius 3 is 2.38 bits per heavy atom. The minimum absolute atomic E-state index is 0.0781. The van der Waals surface area contributed by atoms with Crippen molar-refractivity contribution in [2.24, 2.45) is 4.99 Å². The highest BCUT2D eigenvalue weighted by molar-refractivity contribution is 6.45. The van der Waals surface area contributed by atoms with Crippen LogP contribution in [0.2, 0.25) is 0 Å². The van der Waals surface area contributed by atoms with Gasteiger partial charge < -0.3 is 5.32 Å². The van der Waals surface area contributed by atoms with Crippen molar-refractivity contribution in [3.63, 3.8) is 0 Å². The van der Waals surface area contributed by atoms with E-state index in [0.29, 0.717) is 11.4 Å². The summed E-state index contributed by atoms with van der Waals surface area (Å²) in [6, 6.07) is 9.07. The summed E-state index contributed by atoms with van der Waals surface area (Å²) in [4.78, 5) is 15.5. The van der Waals surface area contributed by atoms with Gasteiger partial charge in [0.2, 0.25) is 5.78 Å². The van der Waals surface area contributed by atoms with E-state index in [1.807, 2.05) is 18.2 Å². The summed E-state index contributed by atoms with van der Waals surface area (Å²) in [6.45, 7) is 0. The number of benzene rings is 1. The van der Waals surface area contributed by atoms with E-state index < -0.39 is 0 Å². The van der Waals surface area contributed by atoms with Crippen LogP contribution in [0.25, 0.3) is 0 Å². The quantitative estimate of drug-likeness (QED) is 0.417. The smallest absolute Gasteiger partial charge is 0.227 e. The molecule has 0 saturated heterocycles. The number of carbonyl (C=O) groups is 1. The van der Waals surface area contributed by atoms with E-state index in [2.05, 4.69) is 10.3 Å². The van der Waals surface area contributed by atoms with Crippen molar-refractivity contribution in [3.8, 4) is 0 Å². The number of Topliss-reactive ketones (excluding diaryl/α,β-unsaturated/α-hetero) is 1. The van der Waals surface area contributed by atoms with Crippen molar-refractivity contribution in [1.82, 2.24) is 5.32 Å². The summed E-state index contributed by atoms with van der Waals surface area (Å²) in [6.07, 6.45) is 0. The Balaban J connectivity index is 2.92. The summed E-state index contributed by atoms with van der Waals surface area (Å²) in [7, 11) is 3.27. The van der Waals surface area contributed by atoms with Gasteiger partial charge in [0, 0.05) is 19.7 Å². The molecule has 0 bridgehead atoms. The van der Waals surface area contributed by atoms with Crippen LogP contribution in [0.3, 0.4) is 0 Å². The van der Waals surface area contributed by atoms with Gasteiger partial charge in [-0.3, -0.25) is 9.79 Å². The highest BCUT2D eigenvalue weighted by Crippen LogP contribution is 1.99. The van der Waals surface area contributed by atoms with Gasteiger partial charge >= 0.3 is 0 Å². The van der Waals surface area contributed by atoms with Crippen LogP contribution in [0.5, 0.6) is 0 Å². The highest BCUT2D eigenvalue weighted by atomic mass is 16.1. The summed E-state index contributed by atoms with van der Waals surface area (Å²) < 4.78 is 0. The minimum atomic E-state index is -0.0781. The van der Waals surface area contributed by atoms with Crippen LogP contribution in [0.4, 0.5) is 0 Å². The normalized spacial score (nSPS) is 11.1. The van der Waals surface area contributed by atoms with Gasteiger partial charge in [-0.15, -0.1) is 0 Å². The lowest BCUT2D eigenvalue weighted by atomic mass is 10.1.